The fraction of sp³-hybridized carbons (Fsp3) is 0.400. The van der Waals surface area contributed by atoms with Gasteiger partial charge >= 0.3 is 0 Å². The van der Waals surface area contributed by atoms with E-state index in [1.165, 1.54) is 0 Å². The Hall–Kier alpha value is -1.61. The zero-order chi connectivity index (χ0) is 13.6. The van der Waals surface area contributed by atoms with Crippen molar-refractivity contribution in [2.24, 2.45) is 0 Å². The van der Waals surface area contributed by atoms with Crippen molar-refractivity contribution in [2.45, 2.75) is 32.5 Å². The van der Waals surface area contributed by atoms with Crippen molar-refractivity contribution >= 4 is 6.29 Å². The Bertz CT molecular complexity index is 408. The molecule has 3 nitrogen and oxygen atoms in total. The van der Waals surface area contributed by atoms with E-state index in [-0.39, 0.29) is 0 Å². The van der Waals surface area contributed by atoms with Gasteiger partial charge in [-0.15, -0.1) is 0 Å². The maximum absolute atomic E-state index is 11.1. The summed E-state index contributed by atoms with van der Waals surface area (Å²) in [6.45, 7) is 7.96. The first-order valence-electron chi connectivity index (χ1n) is 5.97. The van der Waals surface area contributed by atoms with E-state index in [4.69, 9.17) is 9.47 Å². The Balaban J connectivity index is 2.67. The molecule has 1 aromatic rings. The number of aldehydes is 1. The van der Waals surface area contributed by atoms with E-state index in [0.717, 1.165) is 29.6 Å². The molecule has 0 heterocycles. The minimum absolute atomic E-state index is 0.373. The molecular formula is C15H20O3. The molecule has 0 saturated heterocycles. The molecular weight excluding hydrogens is 228 g/mol. The standard InChI is InChI=1S/C15H20O3/c1-5-12(2)15(3,11-16)18-10-13-6-8-14(17-4)9-7-13/h6-9,11H,2,5,10H2,1,3-4H3/t15-/m0/s1. The fourth-order valence-electron chi connectivity index (χ4n) is 1.53. The Morgan fingerprint density at radius 2 is 2.00 bits per heavy atom. The second kappa shape index (κ2) is 6.36. The van der Waals surface area contributed by atoms with Crippen LogP contribution in [0.25, 0.3) is 0 Å². The van der Waals surface area contributed by atoms with E-state index in [9.17, 15) is 4.79 Å². The molecule has 98 valence electrons. The van der Waals surface area contributed by atoms with Gasteiger partial charge in [0.1, 0.15) is 11.4 Å². The second-order valence-corrected chi connectivity index (χ2v) is 4.32. The molecule has 1 aromatic carbocycles. The van der Waals surface area contributed by atoms with Crippen LogP contribution in [0.2, 0.25) is 0 Å². The number of rotatable bonds is 7. The van der Waals surface area contributed by atoms with Crippen LogP contribution in [0.5, 0.6) is 5.75 Å². The third-order valence-corrected chi connectivity index (χ3v) is 3.05. The van der Waals surface area contributed by atoms with Gasteiger partial charge in [-0.2, -0.15) is 0 Å². The van der Waals surface area contributed by atoms with Gasteiger partial charge in [0, 0.05) is 0 Å². The highest BCUT2D eigenvalue weighted by Gasteiger charge is 2.26. The van der Waals surface area contributed by atoms with Gasteiger partial charge in [0.25, 0.3) is 0 Å². The number of carbonyl (C=O) groups is 1. The number of methoxy groups -OCH3 is 1. The van der Waals surface area contributed by atoms with Gasteiger partial charge in [0.15, 0.2) is 6.29 Å². The van der Waals surface area contributed by atoms with E-state index >= 15 is 0 Å². The first-order valence-corrected chi connectivity index (χ1v) is 5.97. The van der Waals surface area contributed by atoms with Crippen molar-refractivity contribution in [1.82, 2.24) is 0 Å². The van der Waals surface area contributed by atoms with Gasteiger partial charge in [0.05, 0.1) is 13.7 Å². The molecule has 0 aromatic heterocycles. The van der Waals surface area contributed by atoms with Gasteiger partial charge in [0.2, 0.25) is 0 Å². The molecule has 0 aliphatic carbocycles. The highest BCUT2D eigenvalue weighted by Crippen LogP contribution is 2.22. The fourth-order valence-corrected chi connectivity index (χ4v) is 1.53. The molecule has 0 saturated carbocycles. The van der Waals surface area contributed by atoms with Crippen LogP contribution < -0.4 is 4.74 Å². The molecule has 18 heavy (non-hydrogen) atoms. The number of carbonyl (C=O) groups excluding carboxylic acids is 1. The summed E-state index contributed by atoms with van der Waals surface area (Å²) < 4.78 is 10.8. The summed E-state index contributed by atoms with van der Waals surface area (Å²) in [7, 11) is 1.63. The Morgan fingerprint density at radius 1 is 1.39 bits per heavy atom. The quantitative estimate of drug-likeness (QED) is 0.549. The number of ether oxygens (including phenoxy) is 2. The van der Waals surface area contributed by atoms with Crippen LogP contribution >= 0.6 is 0 Å². The smallest absolute Gasteiger partial charge is 0.155 e. The van der Waals surface area contributed by atoms with Crippen molar-refractivity contribution in [1.29, 1.82) is 0 Å². The van der Waals surface area contributed by atoms with Gasteiger partial charge in [-0.1, -0.05) is 25.6 Å². The molecule has 0 radical (unpaired) electrons. The molecule has 1 atom stereocenters. The zero-order valence-electron chi connectivity index (χ0n) is 11.2. The zero-order valence-corrected chi connectivity index (χ0v) is 11.2. The van der Waals surface area contributed by atoms with Crippen LogP contribution in [0.15, 0.2) is 36.4 Å². The number of benzene rings is 1. The van der Waals surface area contributed by atoms with Crippen LogP contribution in [0.4, 0.5) is 0 Å². The Kier molecular flexibility index (Phi) is 5.10. The molecule has 0 amide bonds. The first kappa shape index (κ1) is 14.5. The average molecular weight is 248 g/mol. The average Bonchev–Trinajstić information content (AvgIpc) is 2.44. The Morgan fingerprint density at radius 3 is 2.44 bits per heavy atom. The lowest BCUT2D eigenvalue weighted by Gasteiger charge is -2.25. The monoisotopic (exact) mass is 248 g/mol. The van der Waals surface area contributed by atoms with E-state index < -0.39 is 5.60 Å². The van der Waals surface area contributed by atoms with E-state index in [1.807, 2.05) is 31.2 Å². The van der Waals surface area contributed by atoms with Crippen LogP contribution in [0.1, 0.15) is 25.8 Å². The minimum atomic E-state index is -0.908. The van der Waals surface area contributed by atoms with Crippen LogP contribution in [0, 0.1) is 0 Å². The van der Waals surface area contributed by atoms with Crippen molar-refractivity contribution in [2.75, 3.05) is 7.11 Å². The van der Waals surface area contributed by atoms with Crippen molar-refractivity contribution in [3.8, 4) is 5.75 Å². The van der Waals surface area contributed by atoms with Crippen LogP contribution in [0.3, 0.4) is 0 Å². The number of hydrogen-bond acceptors (Lipinski definition) is 3. The topological polar surface area (TPSA) is 35.5 Å². The molecule has 0 unspecified atom stereocenters. The van der Waals surface area contributed by atoms with Gasteiger partial charge in [-0.25, -0.2) is 0 Å². The lowest BCUT2D eigenvalue weighted by molar-refractivity contribution is -0.126. The predicted molar refractivity (Wildman–Crippen MR) is 71.7 cm³/mol. The lowest BCUT2D eigenvalue weighted by atomic mass is 9.96. The predicted octanol–water partition coefficient (Wildman–Crippen LogP) is 3.14. The molecule has 0 spiro atoms. The van der Waals surface area contributed by atoms with E-state index in [1.54, 1.807) is 14.0 Å². The maximum Gasteiger partial charge on any atom is 0.155 e. The molecule has 1 rings (SSSR count). The largest absolute Gasteiger partial charge is 0.497 e. The molecule has 0 aliphatic rings. The van der Waals surface area contributed by atoms with Crippen LogP contribution in [-0.2, 0) is 16.1 Å². The Labute approximate surface area is 108 Å². The highest BCUT2D eigenvalue weighted by atomic mass is 16.5. The second-order valence-electron chi connectivity index (χ2n) is 4.32. The summed E-state index contributed by atoms with van der Waals surface area (Å²) in [5, 5.41) is 0. The summed E-state index contributed by atoms with van der Waals surface area (Å²) in [5.74, 6) is 0.801. The highest BCUT2D eigenvalue weighted by molar-refractivity contribution is 5.67. The molecule has 0 fully saturated rings. The first-order chi connectivity index (χ1) is 8.55. The van der Waals surface area contributed by atoms with Gasteiger partial charge in [-0.05, 0) is 36.6 Å². The minimum Gasteiger partial charge on any atom is -0.497 e. The third-order valence-electron chi connectivity index (χ3n) is 3.05. The molecule has 0 bridgehead atoms. The number of hydrogen-bond donors (Lipinski definition) is 0. The van der Waals surface area contributed by atoms with Crippen LogP contribution in [-0.4, -0.2) is 19.0 Å². The summed E-state index contributed by atoms with van der Waals surface area (Å²) >= 11 is 0. The lowest BCUT2D eigenvalue weighted by Crippen LogP contribution is -2.32. The molecule has 3 heteroatoms. The normalized spacial score (nSPS) is 13.7. The van der Waals surface area contributed by atoms with Crippen molar-refractivity contribution in [3.63, 3.8) is 0 Å². The summed E-state index contributed by atoms with van der Waals surface area (Å²) in [4.78, 5) is 11.1. The van der Waals surface area contributed by atoms with E-state index in [0.29, 0.717) is 6.61 Å². The van der Waals surface area contributed by atoms with Crippen molar-refractivity contribution < 1.29 is 14.3 Å². The molecule has 0 N–H and O–H groups in total. The molecule has 0 aliphatic heterocycles. The van der Waals surface area contributed by atoms with Gasteiger partial charge in [-0.3, -0.25) is 4.79 Å². The summed E-state index contributed by atoms with van der Waals surface area (Å²) in [5.41, 5.74) is 0.869. The van der Waals surface area contributed by atoms with E-state index in [2.05, 4.69) is 6.58 Å². The summed E-state index contributed by atoms with van der Waals surface area (Å²) in [6, 6.07) is 7.56. The van der Waals surface area contributed by atoms with Crippen molar-refractivity contribution in [3.05, 3.63) is 42.0 Å². The summed E-state index contributed by atoms with van der Waals surface area (Å²) in [6.07, 6.45) is 1.53. The SMILES string of the molecule is C=C(CC)[C@](C)(C=O)OCc1ccc(OC)cc1. The third kappa shape index (κ3) is 3.44. The van der Waals surface area contributed by atoms with Gasteiger partial charge < -0.3 is 9.47 Å². The maximum atomic E-state index is 11.1.